The zero-order valence-corrected chi connectivity index (χ0v) is 26.0. The van der Waals surface area contributed by atoms with Gasteiger partial charge < -0.3 is 19.4 Å². The SMILES string of the molecule is C=CC(=O)N1CCN(c2nc(=O)n(-c3ccc(OCCN=[N+]=[N-])cc3CCC)c3nc(N4CCCCC4)c(Cl)cc23)[C@@H](C)C1. The molecular weight excluding hydrogens is 582 g/mol. The predicted octanol–water partition coefficient (Wildman–Crippen LogP) is 5.29. The van der Waals surface area contributed by atoms with E-state index < -0.39 is 5.69 Å². The molecule has 0 saturated carbocycles. The third kappa shape index (κ3) is 6.46. The van der Waals surface area contributed by atoms with Crippen LogP contribution in [0.4, 0.5) is 11.6 Å². The molecule has 0 unspecified atom stereocenters. The molecule has 2 aromatic heterocycles. The lowest BCUT2D eigenvalue weighted by Crippen LogP contribution is -2.54. The Balaban J connectivity index is 1.66. The molecule has 0 spiro atoms. The van der Waals surface area contributed by atoms with Crippen LogP contribution in [0, 0.1) is 0 Å². The maximum absolute atomic E-state index is 14.1. The smallest absolute Gasteiger partial charge is 0.355 e. The summed E-state index contributed by atoms with van der Waals surface area (Å²) < 4.78 is 7.40. The van der Waals surface area contributed by atoms with Crippen molar-refractivity contribution in [3.8, 4) is 11.4 Å². The van der Waals surface area contributed by atoms with E-state index in [4.69, 9.17) is 26.9 Å². The molecule has 0 bridgehead atoms. The third-order valence-corrected chi connectivity index (χ3v) is 8.44. The number of aryl methyl sites for hydroxylation is 1. The number of hydrogen-bond acceptors (Lipinski definition) is 8. The van der Waals surface area contributed by atoms with Crippen LogP contribution in [0.2, 0.25) is 5.02 Å². The van der Waals surface area contributed by atoms with Crippen LogP contribution in [0.5, 0.6) is 5.75 Å². The van der Waals surface area contributed by atoms with Gasteiger partial charge in [0.05, 0.1) is 29.2 Å². The van der Waals surface area contributed by atoms with E-state index in [9.17, 15) is 9.59 Å². The summed E-state index contributed by atoms with van der Waals surface area (Å²) >= 11 is 6.93. The van der Waals surface area contributed by atoms with Crippen LogP contribution in [-0.2, 0) is 11.2 Å². The van der Waals surface area contributed by atoms with Gasteiger partial charge in [-0.05, 0) is 74.0 Å². The first-order chi connectivity index (χ1) is 21.4. The minimum absolute atomic E-state index is 0.100. The number of fused-ring (bicyclic) bond motifs is 1. The first-order valence-electron chi connectivity index (χ1n) is 15.2. The number of nitrogens with zero attached hydrogens (tertiary/aromatic N) is 9. The Morgan fingerprint density at radius 2 is 1.98 bits per heavy atom. The van der Waals surface area contributed by atoms with Crippen molar-refractivity contribution < 1.29 is 9.53 Å². The maximum atomic E-state index is 14.1. The molecule has 0 radical (unpaired) electrons. The van der Waals surface area contributed by atoms with Gasteiger partial charge in [-0.25, -0.2) is 14.3 Å². The lowest BCUT2D eigenvalue weighted by molar-refractivity contribution is -0.126. The number of ether oxygens (including phenoxy) is 1. The van der Waals surface area contributed by atoms with Gasteiger partial charge in [0.1, 0.15) is 17.4 Å². The summed E-state index contributed by atoms with van der Waals surface area (Å²) in [7, 11) is 0. The first kappa shape index (κ1) is 31.2. The number of carbonyl (C=O) groups is 1. The fourth-order valence-electron chi connectivity index (χ4n) is 6.05. The van der Waals surface area contributed by atoms with Crippen LogP contribution in [0.3, 0.4) is 0 Å². The van der Waals surface area contributed by atoms with E-state index in [1.807, 2.05) is 25.1 Å². The Kier molecular flexibility index (Phi) is 9.92. The molecule has 13 heteroatoms. The van der Waals surface area contributed by atoms with Crippen molar-refractivity contribution >= 4 is 40.2 Å². The van der Waals surface area contributed by atoms with E-state index in [1.54, 1.807) is 15.5 Å². The van der Waals surface area contributed by atoms with Crippen molar-refractivity contribution in [2.45, 2.75) is 52.0 Å². The summed E-state index contributed by atoms with van der Waals surface area (Å²) in [6.45, 7) is 11.3. The molecule has 12 nitrogen and oxygen atoms in total. The molecule has 2 fully saturated rings. The monoisotopic (exact) mass is 619 g/mol. The summed E-state index contributed by atoms with van der Waals surface area (Å²) in [4.78, 5) is 44.9. The van der Waals surface area contributed by atoms with Crippen molar-refractivity contribution in [3.05, 3.63) is 68.4 Å². The molecule has 44 heavy (non-hydrogen) atoms. The topological polar surface area (TPSA) is 133 Å². The Morgan fingerprint density at radius 3 is 2.68 bits per heavy atom. The number of piperidine rings is 1. The summed E-state index contributed by atoms with van der Waals surface area (Å²) in [5, 5.41) is 4.71. The molecule has 0 aliphatic carbocycles. The highest BCUT2D eigenvalue weighted by atomic mass is 35.5. The largest absolute Gasteiger partial charge is 0.493 e. The van der Waals surface area contributed by atoms with Crippen LogP contribution in [0.1, 0.15) is 45.1 Å². The molecule has 2 aliphatic rings. The maximum Gasteiger partial charge on any atom is 0.355 e. The van der Waals surface area contributed by atoms with E-state index in [0.29, 0.717) is 65.2 Å². The van der Waals surface area contributed by atoms with E-state index in [-0.39, 0.29) is 25.1 Å². The van der Waals surface area contributed by atoms with E-state index in [2.05, 4.69) is 38.3 Å². The molecule has 2 saturated heterocycles. The average molecular weight is 620 g/mol. The highest BCUT2D eigenvalue weighted by Gasteiger charge is 2.30. The molecule has 5 rings (SSSR count). The molecule has 232 valence electrons. The molecule has 3 aromatic rings. The standard InChI is InChI=1S/C31H38ClN9O3/c1-4-9-22-18-23(44-17-12-34-37-33)10-11-26(22)41-29-24(19-25(32)30(35-29)38-13-7-6-8-14-38)28(36-31(41)43)40-16-15-39(20-21(40)3)27(42)5-2/h5,10-11,18-19,21H,2,4,6-9,12-17,20H2,1,3H3/t21-/m0/s1. The number of anilines is 2. The minimum Gasteiger partial charge on any atom is -0.493 e. The first-order valence-corrected chi connectivity index (χ1v) is 15.6. The Morgan fingerprint density at radius 1 is 1.18 bits per heavy atom. The third-order valence-electron chi connectivity index (χ3n) is 8.16. The molecule has 1 amide bonds. The summed E-state index contributed by atoms with van der Waals surface area (Å²) in [6, 6.07) is 7.36. The predicted molar refractivity (Wildman–Crippen MR) is 173 cm³/mol. The van der Waals surface area contributed by atoms with Gasteiger partial charge in [0.25, 0.3) is 0 Å². The van der Waals surface area contributed by atoms with Gasteiger partial charge in [-0.3, -0.25) is 4.79 Å². The van der Waals surface area contributed by atoms with Crippen LogP contribution in [0.15, 0.2) is 46.8 Å². The number of rotatable bonds is 10. The van der Waals surface area contributed by atoms with Crippen LogP contribution in [0.25, 0.3) is 27.2 Å². The average Bonchev–Trinajstić information content (AvgIpc) is 3.03. The number of pyridine rings is 1. The van der Waals surface area contributed by atoms with Crippen molar-refractivity contribution in [1.82, 2.24) is 19.4 Å². The number of hydrogen-bond donors (Lipinski definition) is 0. The van der Waals surface area contributed by atoms with Crippen molar-refractivity contribution in [2.24, 2.45) is 5.11 Å². The normalized spacial score (nSPS) is 17.0. The number of amides is 1. The molecule has 2 aliphatic heterocycles. The Labute approximate surface area is 261 Å². The molecule has 0 N–H and O–H groups in total. The molecule has 4 heterocycles. The molecule has 1 atom stereocenters. The van der Waals surface area contributed by atoms with Crippen molar-refractivity contribution in [2.75, 3.05) is 55.7 Å². The second-order valence-corrected chi connectivity index (χ2v) is 11.5. The van der Waals surface area contributed by atoms with Gasteiger partial charge in [0.15, 0.2) is 5.65 Å². The van der Waals surface area contributed by atoms with E-state index in [1.165, 1.54) is 6.08 Å². The number of aromatic nitrogens is 3. The Hall–Kier alpha value is -4.28. The van der Waals surface area contributed by atoms with Crippen LogP contribution >= 0.6 is 11.6 Å². The Bertz CT molecular complexity index is 1650. The quantitative estimate of drug-likeness (QED) is 0.0990. The second kappa shape index (κ2) is 14.0. The van der Waals surface area contributed by atoms with Crippen molar-refractivity contribution in [1.29, 1.82) is 0 Å². The highest BCUT2D eigenvalue weighted by molar-refractivity contribution is 6.33. The fourth-order valence-corrected chi connectivity index (χ4v) is 6.32. The number of piperazine rings is 1. The van der Waals surface area contributed by atoms with Crippen LogP contribution in [-0.4, -0.2) is 77.3 Å². The number of carbonyl (C=O) groups excluding carboxylic acids is 1. The lowest BCUT2D eigenvalue weighted by atomic mass is 10.1. The number of azide groups is 1. The second-order valence-electron chi connectivity index (χ2n) is 11.1. The zero-order chi connectivity index (χ0) is 31.2. The zero-order valence-electron chi connectivity index (χ0n) is 25.3. The van der Waals surface area contributed by atoms with Gasteiger partial charge in [-0.2, -0.15) is 4.98 Å². The van der Waals surface area contributed by atoms with Gasteiger partial charge in [-0.1, -0.05) is 36.6 Å². The van der Waals surface area contributed by atoms with E-state index >= 15 is 0 Å². The lowest BCUT2D eigenvalue weighted by Gasteiger charge is -2.40. The summed E-state index contributed by atoms with van der Waals surface area (Å²) in [5.41, 5.74) is 10.2. The summed E-state index contributed by atoms with van der Waals surface area (Å²) in [5.74, 6) is 1.68. The fraction of sp³-hybridized carbons (Fsp3) is 0.484. The van der Waals surface area contributed by atoms with Gasteiger partial charge >= 0.3 is 5.69 Å². The molecule has 1 aromatic carbocycles. The van der Waals surface area contributed by atoms with E-state index in [0.717, 1.165) is 44.3 Å². The number of halogens is 1. The van der Waals surface area contributed by atoms with Gasteiger partial charge in [0.2, 0.25) is 5.91 Å². The number of benzene rings is 1. The minimum atomic E-state index is -0.446. The van der Waals surface area contributed by atoms with Crippen LogP contribution < -0.4 is 20.2 Å². The molecular formula is C31H38ClN9O3. The highest BCUT2D eigenvalue weighted by Crippen LogP contribution is 2.35. The van der Waals surface area contributed by atoms with Crippen molar-refractivity contribution in [3.63, 3.8) is 0 Å². The summed E-state index contributed by atoms with van der Waals surface area (Å²) in [6.07, 6.45) is 6.14. The van der Waals surface area contributed by atoms with Gasteiger partial charge in [-0.15, -0.1) is 0 Å². The van der Waals surface area contributed by atoms with Gasteiger partial charge in [0, 0.05) is 43.7 Å².